The Kier molecular flexibility index (Phi) is 3.00. The highest BCUT2D eigenvalue weighted by molar-refractivity contribution is 6.04. The number of ether oxygens (including phenoxy) is 2. The Hall–Kier alpha value is -1.79. The molecule has 2 aliphatic rings. The first-order chi connectivity index (χ1) is 9.08. The van der Waals surface area contributed by atoms with E-state index in [0.717, 1.165) is 0 Å². The molecular weight excluding hydrogens is 266 g/mol. The molecule has 1 unspecified atom stereocenters. The van der Waals surface area contributed by atoms with Crippen molar-refractivity contribution in [2.75, 3.05) is 20.2 Å². The molecule has 0 bridgehead atoms. The minimum atomic E-state index is -1.50. The lowest BCUT2D eigenvalue weighted by Crippen LogP contribution is -2.57. The SMILES string of the molecule is COC(=O)C1(C(=O)O)CC12CN(C(=O)OC(C)(C)C)C2. The van der Waals surface area contributed by atoms with Crippen LogP contribution in [0.1, 0.15) is 27.2 Å². The summed E-state index contributed by atoms with van der Waals surface area (Å²) >= 11 is 0. The monoisotopic (exact) mass is 285 g/mol. The van der Waals surface area contributed by atoms with Crippen LogP contribution in [0.15, 0.2) is 0 Å². The Bertz CT molecular complexity index is 474. The molecule has 1 aliphatic carbocycles. The Morgan fingerprint density at radius 1 is 1.20 bits per heavy atom. The molecule has 0 radical (unpaired) electrons. The Morgan fingerprint density at radius 2 is 1.75 bits per heavy atom. The van der Waals surface area contributed by atoms with Crippen molar-refractivity contribution in [3.63, 3.8) is 0 Å². The Balaban J connectivity index is 2.02. The summed E-state index contributed by atoms with van der Waals surface area (Å²) in [5.74, 6) is -1.93. The van der Waals surface area contributed by atoms with Crippen LogP contribution in [0.4, 0.5) is 4.79 Å². The van der Waals surface area contributed by atoms with Gasteiger partial charge in [-0.25, -0.2) is 4.79 Å². The maximum Gasteiger partial charge on any atom is 0.410 e. The van der Waals surface area contributed by atoms with Gasteiger partial charge in [0.05, 0.1) is 7.11 Å². The van der Waals surface area contributed by atoms with Gasteiger partial charge in [0, 0.05) is 18.5 Å². The van der Waals surface area contributed by atoms with Crippen LogP contribution in [0.3, 0.4) is 0 Å². The first kappa shape index (κ1) is 14.6. The largest absolute Gasteiger partial charge is 0.480 e. The van der Waals surface area contributed by atoms with Crippen molar-refractivity contribution >= 4 is 18.0 Å². The number of carbonyl (C=O) groups is 3. The van der Waals surface area contributed by atoms with E-state index in [9.17, 15) is 19.5 Å². The van der Waals surface area contributed by atoms with E-state index < -0.39 is 34.5 Å². The van der Waals surface area contributed by atoms with E-state index in [1.54, 1.807) is 20.8 Å². The molecule has 0 aromatic heterocycles. The molecule has 2 rings (SSSR count). The second kappa shape index (κ2) is 4.10. The van der Waals surface area contributed by atoms with Crippen LogP contribution in [-0.4, -0.2) is 53.8 Å². The average molecular weight is 285 g/mol. The van der Waals surface area contributed by atoms with Gasteiger partial charge in [-0.15, -0.1) is 0 Å². The average Bonchev–Trinajstić information content (AvgIpc) is 2.95. The Morgan fingerprint density at radius 3 is 2.15 bits per heavy atom. The molecule has 0 aromatic rings. The number of nitrogens with zero attached hydrogens (tertiary/aromatic N) is 1. The number of rotatable bonds is 2. The number of carboxylic acids is 1. The zero-order valence-corrected chi connectivity index (χ0v) is 12.1. The fraction of sp³-hybridized carbons (Fsp3) is 0.769. The molecule has 1 spiro atoms. The second-order valence-corrected chi connectivity index (χ2v) is 6.50. The van der Waals surface area contributed by atoms with Crippen molar-refractivity contribution in [2.45, 2.75) is 32.8 Å². The molecule has 112 valence electrons. The number of methoxy groups -OCH3 is 1. The molecule has 0 aromatic carbocycles. The highest BCUT2D eigenvalue weighted by Gasteiger charge is 2.82. The number of carbonyl (C=O) groups excluding carboxylic acids is 2. The quantitative estimate of drug-likeness (QED) is 0.597. The predicted octanol–water partition coefficient (Wildman–Crippen LogP) is 0.871. The summed E-state index contributed by atoms with van der Waals surface area (Å²) in [5, 5.41) is 9.28. The molecule has 7 nitrogen and oxygen atoms in total. The van der Waals surface area contributed by atoms with Gasteiger partial charge in [0.25, 0.3) is 0 Å². The van der Waals surface area contributed by atoms with Crippen molar-refractivity contribution < 1.29 is 29.0 Å². The van der Waals surface area contributed by atoms with Crippen LogP contribution < -0.4 is 0 Å². The lowest BCUT2D eigenvalue weighted by atomic mass is 9.86. The van der Waals surface area contributed by atoms with Crippen molar-refractivity contribution in [2.24, 2.45) is 10.8 Å². The predicted molar refractivity (Wildman–Crippen MR) is 66.9 cm³/mol. The highest BCUT2D eigenvalue weighted by Crippen LogP contribution is 2.69. The van der Waals surface area contributed by atoms with Crippen molar-refractivity contribution in [1.29, 1.82) is 0 Å². The third-order valence-corrected chi connectivity index (χ3v) is 3.92. The van der Waals surface area contributed by atoms with Gasteiger partial charge in [0.15, 0.2) is 5.41 Å². The van der Waals surface area contributed by atoms with Gasteiger partial charge in [-0.3, -0.25) is 9.59 Å². The molecule has 1 aliphatic heterocycles. The van der Waals surface area contributed by atoms with Gasteiger partial charge in [0.2, 0.25) is 0 Å². The van der Waals surface area contributed by atoms with Gasteiger partial charge >= 0.3 is 18.0 Å². The molecule has 7 heteroatoms. The van der Waals surface area contributed by atoms with Crippen LogP contribution in [0.25, 0.3) is 0 Å². The van der Waals surface area contributed by atoms with E-state index in [-0.39, 0.29) is 19.5 Å². The molecule has 1 N–H and O–H groups in total. The van der Waals surface area contributed by atoms with Crippen molar-refractivity contribution in [3.05, 3.63) is 0 Å². The summed E-state index contributed by atoms with van der Waals surface area (Å²) in [4.78, 5) is 36.3. The van der Waals surface area contributed by atoms with E-state index in [4.69, 9.17) is 4.74 Å². The van der Waals surface area contributed by atoms with Gasteiger partial charge in [-0.1, -0.05) is 0 Å². The van der Waals surface area contributed by atoms with Crippen molar-refractivity contribution in [1.82, 2.24) is 4.90 Å². The molecule has 1 saturated carbocycles. The molecule has 1 amide bonds. The smallest absolute Gasteiger partial charge is 0.410 e. The number of hydrogen-bond donors (Lipinski definition) is 1. The van der Waals surface area contributed by atoms with Crippen LogP contribution in [0.2, 0.25) is 0 Å². The Labute approximate surface area is 116 Å². The molecule has 1 heterocycles. The highest BCUT2D eigenvalue weighted by atomic mass is 16.6. The van der Waals surface area contributed by atoms with Crippen LogP contribution in [0.5, 0.6) is 0 Å². The number of carboxylic acid groups (broad SMARTS) is 1. The lowest BCUT2D eigenvalue weighted by Gasteiger charge is -2.42. The zero-order chi connectivity index (χ0) is 15.3. The van der Waals surface area contributed by atoms with Gasteiger partial charge in [0.1, 0.15) is 5.60 Å². The minimum Gasteiger partial charge on any atom is -0.480 e. The number of esters is 1. The molecule has 20 heavy (non-hydrogen) atoms. The summed E-state index contributed by atoms with van der Waals surface area (Å²) in [6.45, 7) is 5.70. The maximum atomic E-state index is 11.8. The minimum absolute atomic E-state index is 0.210. The maximum absolute atomic E-state index is 11.8. The van der Waals surface area contributed by atoms with Gasteiger partial charge < -0.3 is 19.5 Å². The summed E-state index contributed by atoms with van der Waals surface area (Å²) in [6.07, 6.45) is -0.277. The lowest BCUT2D eigenvalue weighted by molar-refractivity contribution is -0.164. The second-order valence-electron chi connectivity index (χ2n) is 6.50. The fourth-order valence-corrected chi connectivity index (χ4v) is 2.84. The van der Waals surface area contributed by atoms with Crippen LogP contribution in [0, 0.1) is 10.8 Å². The standard InChI is InChI=1S/C13H19NO6/c1-11(2,3)20-10(18)14-6-12(7-14)5-13(12,8(15)16)9(17)19-4/h5-7H2,1-4H3,(H,15,16). The van der Waals surface area contributed by atoms with Gasteiger partial charge in [-0.05, 0) is 27.2 Å². The summed E-state index contributed by atoms with van der Waals surface area (Å²) in [6, 6.07) is 0. The van der Waals surface area contributed by atoms with E-state index in [0.29, 0.717) is 0 Å². The third-order valence-electron chi connectivity index (χ3n) is 3.92. The first-order valence-corrected chi connectivity index (χ1v) is 6.38. The first-order valence-electron chi connectivity index (χ1n) is 6.38. The van der Waals surface area contributed by atoms with Crippen LogP contribution in [-0.2, 0) is 19.1 Å². The number of amides is 1. The number of aliphatic carboxylic acids is 1. The zero-order valence-electron chi connectivity index (χ0n) is 12.1. The number of hydrogen-bond acceptors (Lipinski definition) is 5. The summed E-state index contributed by atoms with van der Waals surface area (Å²) < 4.78 is 9.79. The molecule has 1 atom stereocenters. The molecule has 1 saturated heterocycles. The summed E-state index contributed by atoms with van der Waals surface area (Å²) in [7, 11) is 1.17. The van der Waals surface area contributed by atoms with E-state index in [2.05, 4.69) is 4.74 Å². The number of likely N-dealkylation sites (tertiary alicyclic amines) is 1. The van der Waals surface area contributed by atoms with Gasteiger partial charge in [-0.2, -0.15) is 0 Å². The topological polar surface area (TPSA) is 93.1 Å². The normalized spacial score (nSPS) is 26.7. The summed E-state index contributed by atoms with van der Waals surface area (Å²) in [5.41, 5.74) is -2.79. The molecule has 2 fully saturated rings. The third kappa shape index (κ3) is 1.92. The van der Waals surface area contributed by atoms with E-state index in [1.165, 1.54) is 12.0 Å². The van der Waals surface area contributed by atoms with Crippen molar-refractivity contribution in [3.8, 4) is 0 Å². The van der Waals surface area contributed by atoms with E-state index >= 15 is 0 Å². The molecular formula is C13H19NO6. The fourth-order valence-electron chi connectivity index (χ4n) is 2.84. The van der Waals surface area contributed by atoms with E-state index in [1.807, 2.05) is 0 Å². The van der Waals surface area contributed by atoms with Crippen LogP contribution >= 0.6 is 0 Å².